The molecule has 8 aliphatic heterocycles. The van der Waals surface area contributed by atoms with Crippen LogP contribution < -0.4 is 0 Å². The normalized spacial score (nSPS) is 51.3. The van der Waals surface area contributed by atoms with Gasteiger partial charge in [-0.05, 0) is 47.6 Å². The predicted octanol–water partition coefficient (Wildman–Crippen LogP) is 3.31. The number of hydrogen-bond donors (Lipinski definition) is 0. The summed E-state index contributed by atoms with van der Waals surface area (Å²) in [6, 6.07) is 6.62. The highest BCUT2D eigenvalue weighted by atomic mass is 19.4. The number of rotatable bonds is 0. The second-order valence-corrected chi connectivity index (χ2v) is 14.4. The molecule has 4 saturated heterocycles. The molecule has 1 aromatic carbocycles. The number of nitrogens with zero attached hydrogens (tertiary/aromatic N) is 2. The second-order valence-electron chi connectivity index (χ2n) is 14.4. The monoisotopic (exact) mass is 606 g/mol. The third-order valence-corrected chi connectivity index (χ3v) is 13.4. The van der Waals surface area contributed by atoms with Gasteiger partial charge in [0.1, 0.15) is 0 Å². The van der Waals surface area contributed by atoms with Gasteiger partial charge in [0.15, 0.2) is 11.2 Å². The van der Waals surface area contributed by atoms with Gasteiger partial charge in [-0.25, -0.2) is 0 Å². The van der Waals surface area contributed by atoms with E-state index in [0.717, 1.165) is 9.80 Å². The lowest BCUT2D eigenvalue weighted by molar-refractivity contribution is -0.329. The molecule has 4 amide bonds. The summed E-state index contributed by atoms with van der Waals surface area (Å²) in [6.45, 7) is -0.321. The molecule has 8 heterocycles. The van der Waals surface area contributed by atoms with E-state index in [4.69, 9.17) is 4.74 Å². The Bertz CT molecular complexity index is 1410. The van der Waals surface area contributed by atoms with Crippen LogP contribution in [0.5, 0.6) is 0 Å². The summed E-state index contributed by atoms with van der Waals surface area (Å²) in [5.41, 5.74) is -5.35. The lowest BCUT2D eigenvalue weighted by atomic mass is 9.46. The standard InChI is InChI=1S/C30H24F6N2O5/c31-29(32,33)27-19-11-5-12-16-15(11)23(39)37(24(16)40)7-9-1-2-10(4-3-9)8-38-25(41)17-13-6-14(18(17)26(38)42)22(21(13)27)28(43-27,20(12)19)30(34,35)36/h1-4,11-22H,5-8H2/t11-,12+,13+,14-,15-,16+,17+,18-,19-,20+,21+,22-,27?,28?. The van der Waals surface area contributed by atoms with E-state index in [9.17, 15) is 19.2 Å². The molecule has 0 aromatic heterocycles. The maximum absolute atomic E-state index is 15.6. The van der Waals surface area contributed by atoms with Gasteiger partial charge in [-0.15, -0.1) is 0 Å². The topological polar surface area (TPSA) is 84.0 Å². The Balaban J connectivity index is 1.25. The number of alkyl halides is 6. The summed E-state index contributed by atoms with van der Waals surface area (Å²) in [7, 11) is 0. The van der Waals surface area contributed by atoms with E-state index < -0.39 is 118 Å². The zero-order valence-electron chi connectivity index (χ0n) is 22.3. The van der Waals surface area contributed by atoms with Crippen molar-refractivity contribution in [3.8, 4) is 0 Å². The molecule has 4 aliphatic carbocycles. The van der Waals surface area contributed by atoms with Crippen LogP contribution in [0.1, 0.15) is 24.0 Å². The number of amides is 4. The van der Waals surface area contributed by atoms with Gasteiger partial charge >= 0.3 is 12.4 Å². The van der Waals surface area contributed by atoms with Crippen molar-refractivity contribution < 1.29 is 50.3 Å². The Morgan fingerprint density at radius 1 is 0.558 bits per heavy atom. The van der Waals surface area contributed by atoms with Crippen molar-refractivity contribution in [1.29, 1.82) is 0 Å². The van der Waals surface area contributed by atoms with Gasteiger partial charge in [0.2, 0.25) is 23.6 Å². The number of hydrogen-bond acceptors (Lipinski definition) is 5. The molecule has 0 N–H and O–H groups in total. The third-order valence-electron chi connectivity index (χ3n) is 13.4. The van der Waals surface area contributed by atoms with E-state index in [1.165, 1.54) is 0 Å². The minimum Gasteiger partial charge on any atom is -0.348 e. The first-order valence-electron chi connectivity index (χ1n) is 14.9. The summed E-state index contributed by atoms with van der Waals surface area (Å²) in [6.07, 6.45) is -10.6. The number of benzene rings is 1. The Kier molecular flexibility index (Phi) is 4.11. The summed E-state index contributed by atoms with van der Waals surface area (Å²) in [5.74, 6) is -18.2. The highest BCUT2D eigenvalue weighted by molar-refractivity contribution is 6.07. The van der Waals surface area contributed by atoms with Crippen molar-refractivity contribution in [3.63, 3.8) is 0 Å². The average Bonchev–Trinajstić information content (AvgIpc) is 3.77. The van der Waals surface area contributed by atoms with Gasteiger partial charge < -0.3 is 4.74 Å². The molecule has 12 aliphatic rings. The third kappa shape index (κ3) is 2.35. The lowest BCUT2D eigenvalue weighted by Crippen LogP contribution is -2.66. The van der Waals surface area contributed by atoms with Gasteiger partial charge in [-0.2, -0.15) is 26.3 Å². The number of carbonyl (C=O) groups is 4. The van der Waals surface area contributed by atoms with E-state index in [0.29, 0.717) is 11.1 Å². The maximum Gasteiger partial charge on any atom is 0.418 e. The van der Waals surface area contributed by atoms with Crippen molar-refractivity contribution in [1.82, 2.24) is 9.80 Å². The van der Waals surface area contributed by atoms with Crippen LogP contribution in [0, 0.1) is 71.0 Å². The van der Waals surface area contributed by atoms with E-state index in [2.05, 4.69) is 0 Å². The van der Waals surface area contributed by atoms with Crippen LogP contribution in [0.3, 0.4) is 0 Å². The Morgan fingerprint density at radius 3 is 1.09 bits per heavy atom. The minimum absolute atomic E-state index is 0.0863. The van der Waals surface area contributed by atoms with Crippen LogP contribution in [-0.2, 0) is 37.0 Å². The molecule has 13 rings (SSSR count). The highest BCUT2D eigenvalue weighted by Gasteiger charge is 2.97. The molecule has 2 unspecified atom stereocenters. The Hall–Kier alpha value is -2.96. The van der Waals surface area contributed by atoms with Crippen LogP contribution in [0.2, 0.25) is 0 Å². The lowest BCUT2D eigenvalue weighted by Gasteiger charge is -2.53. The molecule has 8 fully saturated rings. The molecule has 4 saturated carbocycles. The Morgan fingerprint density at radius 2 is 0.837 bits per heavy atom. The Labute approximate surface area is 239 Å². The molecule has 226 valence electrons. The van der Waals surface area contributed by atoms with Crippen LogP contribution in [-0.4, -0.2) is 57.0 Å². The zero-order chi connectivity index (χ0) is 29.9. The van der Waals surface area contributed by atoms with Gasteiger partial charge in [-0.3, -0.25) is 29.0 Å². The first-order valence-corrected chi connectivity index (χ1v) is 14.9. The fraction of sp³-hybridized carbons (Fsp3) is 0.667. The summed E-state index contributed by atoms with van der Waals surface area (Å²) in [5, 5.41) is 0. The number of imide groups is 2. The fourth-order valence-electron chi connectivity index (χ4n) is 12.7. The van der Waals surface area contributed by atoms with Gasteiger partial charge in [-0.1, -0.05) is 24.3 Å². The highest BCUT2D eigenvalue weighted by Crippen LogP contribution is 2.86. The minimum atomic E-state index is -5.24. The summed E-state index contributed by atoms with van der Waals surface area (Å²) in [4.78, 5) is 57.0. The van der Waals surface area contributed by atoms with E-state index in [1.807, 2.05) is 0 Å². The number of ether oxygens (including phenoxy) is 1. The predicted molar refractivity (Wildman–Crippen MR) is 127 cm³/mol. The van der Waals surface area contributed by atoms with Crippen LogP contribution >= 0.6 is 0 Å². The fourth-order valence-corrected chi connectivity index (χ4v) is 12.7. The van der Waals surface area contributed by atoms with Crippen LogP contribution in [0.25, 0.3) is 0 Å². The SMILES string of the molecule is O=C1[C@@H]2[C@H]3C[C@H]4[C@@H]2C(=O)N1Cc1ccc(cc1)CN1C(=O)[C@@H]2[C@H]5C[C@@H]([C@@H]2C1=O)[C@H]1[C@@H]5C2(C(F)(F)F)OC1(C(F)(F)F)[C@H]3[C@H]42. The van der Waals surface area contributed by atoms with Crippen molar-refractivity contribution in [2.75, 3.05) is 0 Å². The van der Waals surface area contributed by atoms with E-state index in [1.54, 1.807) is 24.3 Å². The van der Waals surface area contributed by atoms with E-state index >= 15 is 26.3 Å². The molecule has 7 nitrogen and oxygen atoms in total. The number of carbonyl (C=O) groups excluding carboxylic acids is 4. The maximum atomic E-state index is 15.6. The molecule has 14 atom stereocenters. The summed E-state index contributed by atoms with van der Waals surface area (Å²) >= 11 is 0. The first kappa shape index (κ1) is 25.4. The average molecular weight is 607 g/mol. The largest absolute Gasteiger partial charge is 0.418 e. The summed E-state index contributed by atoms with van der Waals surface area (Å²) < 4.78 is 99.4. The van der Waals surface area contributed by atoms with Gasteiger partial charge in [0.25, 0.3) is 0 Å². The zero-order valence-corrected chi connectivity index (χ0v) is 22.3. The van der Waals surface area contributed by atoms with Crippen molar-refractivity contribution in [3.05, 3.63) is 35.4 Å². The van der Waals surface area contributed by atoms with Crippen molar-refractivity contribution in [2.45, 2.75) is 49.5 Å². The van der Waals surface area contributed by atoms with Gasteiger partial charge in [0, 0.05) is 23.7 Å². The molecule has 14 bridgehead atoms. The smallest absolute Gasteiger partial charge is 0.348 e. The van der Waals surface area contributed by atoms with Gasteiger partial charge in [0.05, 0.1) is 36.8 Å². The molecular weight excluding hydrogens is 582 g/mol. The molecular formula is C30H24F6N2O5. The first-order chi connectivity index (χ1) is 20.2. The molecule has 43 heavy (non-hydrogen) atoms. The molecule has 0 radical (unpaired) electrons. The van der Waals surface area contributed by atoms with Crippen molar-refractivity contribution >= 4 is 23.6 Å². The molecule has 13 heteroatoms. The van der Waals surface area contributed by atoms with Crippen LogP contribution in [0.15, 0.2) is 24.3 Å². The number of halogens is 6. The second kappa shape index (κ2) is 6.97. The molecule has 1 aromatic rings. The molecule has 0 spiro atoms. The van der Waals surface area contributed by atoms with Crippen LogP contribution in [0.4, 0.5) is 26.3 Å². The van der Waals surface area contributed by atoms with E-state index in [-0.39, 0.29) is 25.9 Å². The quantitative estimate of drug-likeness (QED) is 0.335. The van der Waals surface area contributed by atoms with Crippen molar-refractivity contribution in [2.24, 2.45) is 71.0 Å².